The molecule has 118 valence electrons. The minimum absolute atomic E-state index is 0.165. The summed E-state index contributed by atoms with van der Waals surface area (Å²) in [6, 6.07) is -1.19. The van der Waals surface area contributed by atoms with E-state index < -0.39 is 23.8 Å². The molecule has 1 aliphatic heterocycles. The molecule has 0 unspecified atom stereocenters. The maximum Gasteiger partial charge on any atom is 0.334 e. The topological polar surface area (TPSA) is 83.1 Å². The Hall–Kier alpha value is -2.02. The van der Waals surface area contributed by atoms with Crippen molar-refractivity contribution >= 4 is 11.9 Å². The van der Waals surface area contributed by atoms with Gasteiger partial charge in [-0.05, 0) is 6.42 Å². The molecule has 1 aliphatic rings. The summed E-state index contributed by atoms with van der Waals surface area (Å²) in [4.78, 5) is 23.2. The predicted octanol–water partition coefficient (Wildman–Crippen LogP) is 0.717. The second-order valence-electron chi connectivity index (χ2n) is 4.63. The number of esters is 2. The van der Waals surface area contributed by atoms with Crippen molar-refractivity contribution in [1.82, 2.24) is 5.32 Å². The molecule has 0 saturated heterocycles. The van der Waals surface area contributed by atoms with Gasteiger partial charge in [-0.25, -0.2) is 9.59 Å². The highest BCUT2D eigenvalue weighted by Crippen LogP contribution is 2.30. The molecule has 7 nitrogen and oxygen atoms in total. The zero-order valence-corrected chi connectivity index (χ0v) is 12.5. The Bertz CT molecular complexity index is 396. The molecule has 1 atom stereocenters. The van der Waals surface area contributed by atoms with Gasteiger partial charge in [-0.2, -0.15) is 0 Å². The monoisotopic (exact) mass is 299 g/mol. The molecule has 1 N–H and O–H groups in total. The van der Waals surface area contributed by atoms with Crippen molar-refractivity contribution in [3.8, 4) is 0 Å². The largest absolute Gasteiger partial charge is 0.467 e. The van der Waals surface area contributed by atoms with Crippen molar-refractivity contribution in [3.63, 3.8) is 0 Å². The van der Waals surface area contributed by atoms with E-state index in [-0.39, 0.29) is 12.5 Å². The Labute approximate surface area is 123 Å². The number of rotatable bonds is 8. The van der Waals surface area contributed by atoms with Crippen LogP contribution in [0.25, 0.3) is 0 Å². The Morgan fingerprint density at radius 2 is 1.81 bits per heavy atom. The van der Waals surface area contributed by atoms with Gasteiger partial charge in [0, 0.05) is 13.5 Å². The van der Waals surface area contributed by atoms with E-state index in [1.165, 1.54) is 26.7 Å². The van der Waals surface area contributed by atoms with E-state index in [1.807, 2.05) is 0 Å². The van der Waals surface area contributed by atoms with Crippen molar-refractivity contribution in [2.45, 2.75) is 25.2 Å². The van der Waals surface area contributed by atoms with E-state index in [0.717, 1.165) is 0 Å². The summed E-state index contributed by atoms with van der Waals surface area (Å²) in [5.41, 5.74) is 0. The summed E-state index contributed by atoms with van der Waals surface area (Å²) >= 11 is 0. The quantitative estimate of drug-likeness (QED) is 0.401. The Balaban J connectivity index is 2.71. The normalized spacial score (nSPS) is 16.8. The van der Waals surface area contributed by atoms with Crippen LogP contribution >= 0.6 is 0 Å². The number of hydrogen-bond donors (Lipinski definition) is 1. The summed E-state index contributed by atoms with van der Waals surface area (Å²) < 4.78 is 20.0. The Morgan fingerprint density at radius 3 is 2.24 bits per heavy atom. The molecular weight excluding hydrogens is 278 g/mol. The van der Waals surface area contributed by atoms with E-state index in [4.69, 9.17) is 9.47 Å². The van der Waals surface area contributed by atoms with E-state index in [9.17, 15) is 9.59 Å². The summed E-state index contributed by atoms with van der Waals surface area (Å²) in [6.45, 7) is 5.74. The second kappa shape index (κ2) is 7.68. The fourth-order valence-corrected chi connectivity index (χ4v) is 1.99. The number of methoxy groups -OCH3 is 2. The van der Waals surface area contributed by atoms with Crippen molar-refractivity contribution in [3.05, 3.63) is 25.2 Å². The summed E-state index contributed by atoms with van der Waals surface area (Å²) in [5, 5.41) is 2.82. The van der Waals surface area contributed by atoms with Crippen LogP contribution in [0.3, 0.4) is 0 Å². The lowest BCUT2D eigenvalue weighted by Crippen LogP contribution is -2.50. The van der Waals surface area contributed by atoms with E-state index >= 15 is 0 Å². The van der Waals surface area contributed by atoms with Crippen molar-refractivity contribution in [1.29, 1.82) is 0 Å². The lowest BCUT2D eigenvalue weighted by molar-refractivity contribution is -0.168. The fourth-order valence-electron chi connectivity index (χ4n) is 1.99. The first kappa shape index (κ1) is 17.0. The number of carbonyl (C=O) groups is 2. The van der Waals surface area contributed by atoms with Crippen LogP contribution in [0.2, 0.25) is 0 Å². The average Bonchev–Trinajstić information content (AvgIpc) is 2.93. The molecule has 0 bridgehead atoms. The number of ether oxygens (including phenoxy) is 4. The van der Waals surface area contributed by atoms with Gasteiger partial charge < -0.3 is 18.9 Å². The van der Waals surface area contributed by atoms with Gasteiger partial charge in [-0.3, -0.25) is 5.32 Å². The molecule has 21 heavy (non-hydrogen) atoms. The molecule has 1 rings (SSSR count). The smallest absolute Gasteiger partial charge is 0.334 e. The first-order valence-electron chi connectivity index (χ1n) is 6.49. The minimum atomic E-state index is -1.19. The molecule has 0 amide bonds. The van der Waals surface area contributed by atoms with Crippen LogP contribution in [0.5, 0.6) is 0 Å². The van der Waals surface area contributed by atoms with Crippen LogP contribution in [0, 0.1) is 5.92 Å². The van der Waals surface area contributed by atoms with E-state index in [0.29, 0.717) is 6.42 Å². The molecule has 0 radical (unpaired) electrons. The fraction of sp³-hybridized carbons (Fsp3) is 0.571. The van der Waals surface area contributed by atoms with Gasteiger partial charge in [-0.15, -0.1) is 6.58 Å². The number of allylic oxidation sites excluding steroid dienone is 1. The minimum Gasteiger partial charge on any atom is -0.467 e. The van der Waals surface area contributed by atoms with Gasteiger partial charge in [0.25, 0.3) is 5.79 Å². The van der Waals surface area contributed by atoms with E-state index in [2.05, 4.69) is 21.4 Å². The van der Waals surface area contributed by atoms with Crippen LogP contribution in [0.1, 0.15) is 13.3 Å². The highest BCUT2D eigenvalue weighted by atomic mass is 16.7. The molecule has 0 aromatic heterocycles. The van der Waals surface area contributed by atoms with Crippen molar-refractivity contribution in [2.24, 2.45) is 5.92 Å². The molecule has 0 aromatic rings. The van der Waals surface area contributed by atoms with Gasteiger partial charge >= 0.3 is 11.9 Å². The van der Waals surface area contributed by atoms with E-state index in [1.54, 1.807) is 13.0 Å². The predicted molar refractivity (Wildman–Crippen MR) is 73.8 cm³/mol. The van der Waals surface area contributed by atoms with Crippen molar-refractivity contribution < 1.29 is 28.5 Å². The SMILES string of the molecule is C=CC[C@@H](CNC(C(=O)OC)C(=O)OC)C1(C)OC=CO1. The van der Waals surface area contributed by atoms with Gasteiger partial charge in [0.15, 0.2) is 0 Å². The standard InChI is InChI=1S/C14H21NO6/c1-5-6-10(14(2)20-7-8-21-14)9-15-11(12(16)18-3)13(17)19-4/h5,7-8,10-11,15H,1,6,9H2,2-4H3/t10-/m0/s1. The highest BCUT2D eigenvalue weighted by molar-refractivity contribution is 5.99. The third kappa shape index (κ3) is 4.22. The molecule has 0 fully saturated rings. The lowest BCUT2D eigenvalue weighted by Gasteiger charge is -2.32. The maximum absolute atomic E-state index is 11.6. The molecule has 0 spiro atoms. The number of nitrogens with one attached hydrogen (secondary N) is 1. The third-order valence-electron chi connectivity index (χ3n) is 3.29. The van der Waals surface area contributed by atoms with Crippen LogP contribution < -0.4 is 5.32 Å². The van der Waals surface area contributed by atoms with Crippen molar-refractivity contribution in [2.75, 3.05) is 20.8 Å². The average molecular weight is 299 g/mol. The van der Waals surface area contributed by atoms with Gasteiger partial charge in [-0.1, -0.05) is 6.08 Å². The van der Waals surface area contributed by atoms with Gasteiger partial charge in [0.05, 0.1) is 20.1 Å². The molecule has 1 heterocycles. The molecule has 7 heteroatoms. The molecule has 0 saturated carbocycles. The van der Waals surface area contributed by atoms with Crippen LogP contribution in [0.15, 0.2) is 25.2 Å². The molecule has 0 aliphatic carbocycles. The van der Waals surface area contributed by atoms with Gasteiger partial charge in [0.2, 0.25) is 6.04 Å². The first-order chi connectivity index (χ1) is 9.98. The lowest BCUT2D eigenvalue weighted by atomic mass is 9.95. The van der Waals surface area contributed by atoms with Crippen LogP contribution in [0.4, 0.5) is 0 Å². The number of carbonyl (C=O) groups excluding carboxylic acids is 2. The molecular formula is C14H21NO6. The molecule has 0 aromatic carbocycles. The highest BCUT2D eigenvalue weighted by Gasteiger charge is 2.40. The maximum atomic E-state index is 11.6. The number of hydrogen-bond acceptors (Lipinski definition) is 7. The summed E-state index contributed by atoms with van der Waals surface area (Å²) in [5.74, 6) is -2.47. The summed E-state index contributed by atoms with van der Waals surface area (Å²) in [7, 11) is 2.41. The van der Waals surface area contributed by atoms with Gasteiger partial charge in [0.1, 0.15) is 12.5 Å². The second-order valence-corrected chi connectivity index (χ2v) is 4.63. The zero-order valence-electron chi connectivity index (χ0n) is 12.5. The van der Waals surface area contributed by atoms with Crippen LogP contribution in [-0.4, -0.2) is 44.5 Å². The summed E-state index contributed by atoms with van der Waals surface area (Å²) in [6.07, 6.45) is 5.19. The Kier molecular flexibility index (Phi) is 6.23. The first-order valence-corrected chi connectivity index (χ1v) is 6.49. The Morgan fingerprint density at radius 1 is 1.29 bits per heavy atom. The zero-order chi connectivity index (χ0) is 15.9. The third-order valence-corrected chi connectivity index (χ3v) is 3.29. The van der Waals surface area contributed by atoms with Crippen LogP contribution in [-0.2, 0) is 28.5 Å².